The lowest BCUT2D eigenvalue weighted by atomic mass is 10.1. The fraction of sp³-hybridized carbons (Fsp3) is 0.500. The molecule has 0 fully saturated rings. The molecule has 0 aromatic heterocycles. The third-order valence-corrected chi connectivity index (χ3v) is 2.57. The van der Waals surface area contributed by atoms with Gasteiger partial charge in [-0.2, -0.15) is 0 Å². The van der Waals surface area contributed by atoms with Gasteiger partial charge in [-0.05, 0) is 31.4 Å². The van der Waals surface area contributed by atoms with Gasteiger partial charge in [-0.3, -0.25) is 0 Å². The van der Waals surface area contributed by atoms with Gasteiger partial charge >= 0.3 is 0 Å². The third kappa shape index (κ3) is 3.29. The van der Waals surface area contributed by atoms with Crippen molar-refractivity contribution in [1.82, 2.24) is 0 Å². The molecule has 0 radical (unpaired) electrons. The summed E-state index contributed by atoms with van der Waals surface area (Å²) < 4.78 is 10.5. The number of methoxy groups -OCH3 is 2. The van der Waals surface area contributed by atoms with Crippen LogP contribution >= 0.6 is 11.6 Å². The zero-order chi connectivity index (χ0) is 12.1. The summed E-state index contributed by atoms with van der Waals surface area (Å²) in [7, 11) is 3.17. The molecule has 90 valence electrons. The predicted octanol–water partition coefficient (Wildman–Crippen LogP) is 2.67. The van der Waals surface area contributed by atoms with E-state index in [0.717, 1.165) is 5.56 Å². The van der Waals surface area contributed by atoms with Crippen LogP contribution in [0.1, 0.15) is 18.9 Å². The van der Waals surface area contributed by atoms with E-state index >= 15 is 0 Å². The highest BCUT2D eigenvalue weighted by Crippen LogP contribution is 2.35. The van der Waals surface area contributed by atoms with Crippen LogP contribution in [0.25, 0.3) is 0 Å². The smallest absolute Gasteiger partial charge is 0.164 e. The molecule has 0 saturated heterocycles. The molecule has 3 nitrogen and oxygen atoms in total. The van der Waals surface area contributed by atoms with Gasteiger partial charge in [0.1, 0.15) is 0 Å². The van der Waals surface area contributed by atoms with Crippen LogP contribution in [-0.2, 0) is 6.42 Å². The molecule has 0 aliphatic rings. The quantitative estimate of drug-likeness (QED) is 0.866. The minimum Gasteiger partial charge on any atom is -0.493 e. The van der Waals surface area contributed by atoms with Crippen molar-refractivity contribution in [2.24, 2.45) is 0 Å². The molecule has 1 aromatic carbocycles. The molecule has 0 saturated carbocycles. The molecule has 0 aliphatic heterocycles. The third-order valence-electron chi connectivity index (χ3n) is 2.35. The zero-order valence-corrected chi connectivity index (χ0v) is 10.5. The molecular weight excluding hydrogens is 228 g/mol. The Morgan fingerprint density at radius 3 is 2.50 bits per heavy atom. The molecule has 1 rings (SSSR count). The Morgan fingerprint density at radius 1 is 1.31 bits per heavy atom. The Hall–Kier alpha value is -0.930. The molecule has 16 heavy (non-hydrogen) atoms. The van der Waals surface area contributed by atoms with E-state index in [1.165, 1.54) is 0 Å². The van der Waals surface area contributed by atoms with Crippen molar-refractivity contribution in [2.75, 3.05) is 14.2 Å². The fourth-order valence-corrected chi connectivity index (χ4v) is 1.79. The Labute approximate surface area is 101 Å². The summed E-state index contributed by atoms with van der Waals surface area (Å²) in [6, 6.07) is 3.55. The van der Waals surface area contributed by atoms with Gasteiger partial charge in [0.2, 0.25) is 0 Å². The summed E-state index contributed by atoms with van der Waals surface area (Å²) in [6.45, 7) is 1.76. The molecule has 0 spiro atoms. The number of aryl methyl sites for hydroxylation is 1. The second-order valence-corrected chi connectivity index (χ2v) is 4.12. The van der Waals surface area contributed by atoms with Crippen LogP contribution in [0.3, 0.4) is 0 Å². The monoisotopic (exact) mass is 244 g/mol. The molecule has 4 heteroatoms. The van der Waals surface area contributed by atoms with Crippen molar-refractivity contribution in [1.29, 1.82) is 0 Å². The van der Waals surface area contributed by atoms with Gasteiger partial charge in [0, 0.05) is 11.1 Å². The van der Waals surface area contributed by atoms with E-state index in [2.05, 4.69) is 0 Å². The maximum absolute atomic E-state index is 9.27. The maximum Gasteiger partial charge on any atom is 0.164 e. The summed E-state index contributed by atoms with van der Waals surface area (Å²) in [5.74, 6) is 1.31. The maximum atomic E-state index is 9.27. The van der Waals surface area contributed by atoms with Gasteiger partial charge in [0.05, 0.1) is 20.3 Å². The van der Waals surface area contributed by atoms with Crippen LogP contribution in [-0.4, -0.2) is 25.4 Å². The number of benzene rings is 1. The summed E-state index contributed by atoms with van der Waals surface area (Å²) in [5.41, 5.74) is 0.952. The van der Waals surface area contributed by atoms with Crippen molar-refractivity contribution in [3.05, 3.63) is 22.7 Å². The Balaban J connectivity index is 3.00. The first-order chi connectivity index (χ1) is 7.58. The van der Waals surface area contributed by atoms with Crippen molar-refractivity contribution in [3.8, 4) is 11.5 Å². The first kappa shape index (κ1) is 13.1. The molecule has 0 amide bonds. The number of halogens is 1. The number of aliphatic hydroxyl groups is 1. The van der Waals surface area contributed by atoms with Gasteiger partial charge < -0.3 is 14.6 Å². The summed E-state index contributed by atoms with van der Waals surface area (Å²) in [4.78, 5) is 0. The Kier molecular flexibility index (Phi) is 4.90. The zero-order valence-electron chi connectivity index (χ0n) is 9.79. The van der Waals surface area contributed by atoms with Crippen LogP contribution in [0, 0.1) is 0 Å². The van der Waals surface area contributed by atoms with E-state index in [9.17, 15) is 5.11 Å². The normalized spacial score (nSPS) is 12.3. The Morgan fingerprint density at radius 2 is 2.00 bits per heavy atom. The molecule has 0 unspecified atom stereocenters. The number of ether oxygens (including phenoxy) is 2. The second kappa shape index (κ2) is 5.97. The average molecular weight is 245 g/mol. The summed E-state index contributed by atoms with van der Waals surface area (Å²) in [6.07, 6.45) is 1.03. The molecular formula is C12H17ClO3. The van der Waals surface area contributed by atoms with Gasteiger partial charge in [-0.15, -0.1) is 0 Å². The minimum atomic E-state index is -0.338. The standard InChI is InChI=1S/C12H17ClO3/c1-8(14)4-5-9-6-10(13)7-11(15-2)12(9)16-3/h6-8,14H,4-5H2,1-3H3/t8-/m1/s1. The predicted molar refractivity (Wildman–Crippen MR) is 64.6 cm³/mol. The van der Waals surface area contributed by atoms with E-state index in [1.54, 1.807) is 27.2 Å². The molecule has 1 aromatic rings. The Bertz CT molecular complexity index is 350. The number of rotatable bonds is 5. The van der Waals surface area contributed by atoms with Crippen LogP contribution in [0.15, 0.2) is 12.1 Å². The van der Waals surface area contributed by atoms with Crippen LogP contribution in [0.4, 0.5) is 0 Å². The molecule has 0 heterocycles. The van der Waals surface area contributed by atoms with Gasteiger partial charge in [-0.25, -0.2) is 0 Å². The first-order valence-electron chi connectivity index (χ1n) is 5.17. The lowest BCUT2D eigenvalue weighted by Crippen LogP contribution is -2.03. The summed E-state index contributed by atoms with van der Waals surface area (Å²) in [5, 5.41) is 9.88. The first-order valence-corrected chi connectivity index (χ1v) is 5.54. The lowest BCUT2D eigenvalue weighted by molar-refractivity contribution is 0.184. The number of hydrogen-bond acceptors (Lipinski definition) is 3. The number of aliphatic hydroxyl groups excluding tert-OH is 1. The largest absolute Gasteiger partial charge is 0.493 e. The number of hydrogen-bond donors (Lipinski definition) is 1. The van der Waals surface area contributed by atoms with E-state index in [0.29, 0.717) is 29.4 Å². The van der Waals surface area contributed by atoms with Crippen LogP contribution in [0.2, 0.25) is 5.02 Å². The van der Waals surface area contributed by atoms with E-state index in [4.69, 9.17) is 21.1 Å². The highest BCUT2D eigenvalue weighted by molar-refractivity contribution is 6.30. The van der Waals surface area contributed by atoms with Crippen molar-refractivity contribution < 1.29 is 14.6 Å². The lowest BCUT2D eigenvalue weighted by Gasteiger charge is -2.14. The fourth-order valence-electron chi connectivity index (χ4n) is 1.56. The molecule has 1 atom stereocenters. The van der Waals surface area contributed by atoms with Crippen LogP contribution in [0.5, 0.6) is 11.5 Å². The highest BCUT2D eigenvalue weighted by Gasteiger charge is 2.12. The average Bonchev–Trinajstić information content (AvgIpc) is 2.25. The minimum absolute atomic E-state index is 0.338. The van der Waals surface area contributed by atoms with Crippen molar-refractivity contribution >= 4 is 11.6 Å². The molecule has 0 bridgehead atoms. The van der Waals surface area contributed by atoms with Gasteiger partial charge in [-0.1, -0.05) is 11.6 Å². The van der Waals surface area contributed by atoms with E-state index in [-0.39, 0.29) is 6.10 Å². The molecule has 1 N–H and O–H groups in total. The van der Waals surface area contributed by atoms with Crippen molar-refractivity contribution in [2.45, 2.75) is 25.9 Å². The SMILES string of the molecule is COc1cc(Cl)cc(CC[C@@H](C)O)c1OC. The summed E-state index contributed by atoms with van der Waals surface area (Å²) >= 11 is 5.97. The molecule has 0 aliphatic carbocycles. The van der Waals surface area contributed by atoms with Crippen LogP contribution < -0.4 is 9.47 Å². The topological polar surface area (TPSA) is 38.7 Å². The van der Waals surface area contributed by atoms with Gasteiger partial charge in [0.15, 0.2) is 11.5 Å². The highest BCUT2D eigenvalue weighted by atomic mass is 35.5. The van der Waals surface area contributed by atoms with Gasteiger partial charge in [0.25, 0.3) is 0 Å². The second-order valence-electron chi connectivity index (χ2n) is 3.69. The van der Waals surface area contributed by atoms with Crippen molar-refractivity contribution in [3.63, 3.8) is 0 Å². The van der Waals surface area contributed by atoms with E-state index in [1.807, 2.05) is 6.07 Å². The van der Waals surface area contributed by atoms with E-state index < -0.39 is 0 Å².